The summed E-state index contributed by atoms with van der Waals surface area (Å²) < 4.78 is 23.0. The molecule has 0 aromatic heterocycles. The van der Waals surface area contributed by atoms with Gasteiger partial charge in [-0.05, 0) is 12.8 Å². The van der Waals surface area contributed by atoms with Gasteiger partial charge >= 0.3 is 5.97 Å². The van der Waals surface area contributed by atoms with E-state index in [0.29, 0.717) is 12.8 Å². The van der Waals surface area contributed by atoms with Gasteiger partial charge in [-0.15, -0.1) is 0 Å². The van der Waals surface area contributed by atoms with Gasteiger partial charge in [-0.25, -0.2) is 13.2 Å². The van der Waals surface area contributed by atoms with Crippen LogP contribution in [0.15, 0.2) is 0 Å². The maximum atomic E-state index is 11.5. The Morgan fingerprint density at radius 2 is 2.11 bits per heavy atom. The van der Waals surface area contributed by atoms with Gasteiger partial charge in [0, 0.05) is 20.0 Å². The van der Waals surface area contributed by atoms with Gasteiger partial charge in [0.05, 0.1) is 11.0 Å². The average molecular weight is 278 g/mol. The molecule has 1 rings (SSSR count). The Morgan fingerprint density at radius 3 is 2.56 bits per heavy atom. The topological polar surface area (TPSA) is 113 Å². The third-order valence-corrected chi connectivity index (χ3v) is 5.13. The van der Waals surface area contributed by atoms with Crippen molar-refractivity contribution >= 4 is 21.7 Å². The third-order valence-electron chi connectivity index (χ3n) is 2.86. The first-order valence-electron chi connectivity index (χ1n) is 5.75. The molecule has 0 aliphatic carbocycles. The summed E-state index contributed by atoms with van der Waals surface area (Å²) in [4.78, 5) is 21.6. The van der Waals surface area contributed by atoms with E-state index in [1.165, 1.54) is 6.92 Å². The van der Waals surface area contributed by atoms with Crippen LogP contribution in [0.5, 0.6) is 0 Å². The van der Waals surface area contributed by atoms with E-state index in [1.54, 1.807) is 0 Å². The highest BCUT2D eigenvalue weighted by molar-refractivity contribution is 7.92. The van der Waals surface area contributed by atoms with Gasteiger partial charge in [-0.2, -0.15) is 0 Å². The summed E-state index contributed by atoms with van der Waals surface area (Å²) >= 11 is 0. The molecule has 1 aliphatic rings. The minimum absolute atomic E-state index is 0.0148. The van der Waals surface area contributed by atoms with Crippen LogP contribution in [0, 0.1) is 0 Å². The first-order chi connectivity index (χ1) is 8.33. The summed E-state index contributed by atoms with van der Waals surface area (Å²) in [6.45, 7) is 1.48. The Balaban J connectivity index is 2.39. The fourth-order valence-electron chi connectivity index (χ4n) is 1.92. The molecule has 1 amide bonds. The van der Waals surface area contributed by atoms with E-state index >= 15 is 0 Å². The maximum absolute atomic E-state index is 11.5. The van der Waals surface area contributed by atoms with E-state index in [-0.39, 0.29) is 18.8 Å². The number of hydrogen-bond donors (Lipinski definition) is 3. The van der Waals surface area contributed by atoms with Gasteiger partial charge in [-0.3, -0.25) is 4.79 Å². The minimum Gasteiger partial charge on any atom is -0.480 e. The van der Waals surface area contributed by atoms with Gasteiger partial charge in [0.25, 0.3) is 0 Å². The molecule has 18 heavy (non-hydrogen) atoms. The van der Waals surface area contributed by atoms with Crippen LogP contribution in [0.25, 0.3) is 0 Å². The number of hydrogen-bond acceptors (Lipinski definition) is 5. The molecule has 2 unspecified atom stereocenters. The number of carbonyl (C=O) groups is 2. The molecule has 0 bridgehead atoms. The lowest BCUT2D eigenvalue weighted by atomic mass is 10.2. The van der Waals surface area contributed by atoms with Crippen molar-refractivity contribution in [2.24, 2.45) is 0 Å². The second-order valence-electron chi connectivity index (χ2n) is 4.38. The summed E-state index contributed by atoms with van der Waals surface area (Å²) in [7, 11) is -3.03. The van der Waals surface area contributed by atoms with Crippen LogP contribution >= 0.6 is 0 Å². The first kappa shape index (κ1) is 14.9. The number of carboxylic acid groups (broad SMARTS) is 1. The summed E-state index contributed by atoms with van der Waals surface area (Å²) in [6.07, 6.45) is 1.26. The van der Waals surface area contributed by atoms with Crippen LogP contribution < -0.4 is 10.6 Å². The SMILES string of the molecule is CC(=O)NC(CNCC1CCCS1(=O)=O)C(=O)O. The Kier molecular flexibility index (Phi) is 5.09. The fourth-order valence-corrected chi connectivity index (χ4v) is 3.72. The summed E-state index contributed by atoms with van der Waals surface area (Å²) in [5.74, 6) is -1.38. The zero-order valence-electron chi connectivity index (χ0n) is 10.2. The van der Waals surface area contributed by atoms with E-state index in [2.05, 4.69) is 10.6 Å². The molecular formula is C10H18N2O5S. The minimum atomic E-state index is -3.03. The Bertz CT molecular complexity index is 420. The molecule has 2 atom stereocenters. The first-order valence-corrected chi connectivity index (χ1v) is 7.46. The monoisotopic (exact) mass is 278 g/mol. The highest BCUT2D eigenvalue weighted by Gasteiger charge is 2.31. The van der Waals surface area contributed by atoms with Crippen LogP contribution in [-0.2, 0) is 19.4 Å². The molecule has 0 aromatic rings. The quantitative estimate of drug-likeness (QED) is 0.559. The second-order valence-corrected chi connectivity index (χ2v) is 6.78. The smallest absolute Gasteiger partial charge is 0.327 e. The van der Waals surface area contributed by atoms with Crippen LogP contribution in [0.1, 0.15) is 19.8 Å². The average Bonchev–Trinajstić information content (AvgIpc) is 2.56. The van der Waals surface area contributed by atoms with Crippen LogP contribution in [0.2, 0.25) is 0 Å². The number of aliphatic carboxylic acids is 1. The second kappa shape index (κ2) is 6.14. The molecule has 0 spiro atoms. The van der Waals surface area contributed by atoms with Crippen molar-refractivity contribution < 1.29 is 23.1 Å². The molecule has 0 aromatic carbocycles. The zero-order chi connectivity index (χ0) is 13.8. The van der Waals surface area contributed by atoms with Gasteiger partial charge in [0.15, 0.2) is 9.84 Å². The van der Waals surface area contributed by atoms with Crippen molar-refractivity contribution in [2.75, 3.05) is 18.8 Å². The number of rotatable bonds is 6. The molecule has 0 radical (unpaired) electrons. The summed E-state index contributed by atoms with van der Waals surface area (Å²) in [5.41, 5.74) is 0. The third kappa shape index (κ3) is 4.26. The largest absolute Gasteiger partial charge is 0.480 e. The van der Waals surface area contributed by atoms with Crippen molar-refractivity contribution in [1.82, 2.24) is 10.6 Å². The van der Waals surface area contributed by atoms with E-state index in [1.807, 2.05) is 0 Å². The highest BCUT2D eigenvalue weighted by Crippen LogP contribution is 2.18. The molecule has 0 saturated carbocycles. The van der Waals surface area contributed by atoms with Gasteiger partial charge < -0.3 is 15.7 Å². The van der Waals surface area contributed by atoms with Crippen molar-refractivity contribution in [3.05, 3.63) is 0 Å². The Labute approximate surface area is 106 Å². The van der Waals surface area contributed by atoms with E-state index in [0.717, 1.165) is 0 Å². The van der Waals surface area contributed by atoms with E-state index in [9.17, 15) is 18.0 Å². The number of amides is 1. The van der Waals surface area contributed by atoms with Gasteiger partial charge in [0.2, 0.25) is 5.91 Å². The number of sulfone groups is 1. The predicted molar refractivity (Wildman–Crippen MR) is 64.9 cm³/mol. The zero-order valence-corrected chi connectivity index (χ0v) is 11.0. The predicted octanol–water partition coefficient (Wildman–Crippen LogP) is -1.26. The summed E-state index contributed by atoms with van der Waals surface area (Å²) in [5, 5.41) is 13.5. The highest BCUT2D eigenvalue weighted by atomic mass is 32.2. The van der Waals surface area contributed by atoms with Gasteiger partial charge in [0.1, 0.15) is 6.04 Å². The molecule has 104 valence electrons. The van der Waals surface area contributed by atoms with Crippen LogP contribution in [0.4, 0.5) is 0 Å². The Hall–Kier alpha value is -1.15. The van der Waals surface area contributed by atoms with E-state index < -0.39 is 33.0 Å². The molecule has 1 saturated heterocycles. The van der Waals surface area contributed by atoms with Crippen molar-refractivity contribution in [1.29, 1.82) is 0 Å². The van der Waals surface area contributed by atoms with Crippen molar-refractivity contribution in [3.63, 3.8) is 0 Å². The summed E-state index contributed by atoms with van der Waals surface area (Å²) in [6, 6.07) is -1.04. The molecule has 3 N–H and O–H groups in total. The maximum Gasteiger partial charge on any atom is 0.327 e. The fraction of sp³-hybridized carbons (Fsp3) is 0.800. The van der Waals surface area contributed by atoms with Crippen molar-refractivity contribution in [2.45, 2.75) is 31.1 Å². The molecule has 1 fully saturated rings. The van der Waals surface area contributed by atoms with E-state index in [4.69, 9.17) is 5.11 Å². The molecule has 7 nitrogen and oxygen atoms in total. The molecule has 8 heteroatoms. The van der Waals surface area contributed by atoms with Crippen LogP contribution in [-0.4, -0.2) is 55.5 Å². The molecule has 1 aliphatic heterocycles. The van der Waals surface area contributed by atoms with Crippen molar-refractivity contribution in [3.8, 4) is 0 Å². The lowest BCUT2D eigenvalue weighted by molar-refractivity contribution is -0.141. The normalized spacial score (nSPS) is 23.5. The van der Waals surface area contributed by atoms with Gasteiger partial charge in [-0.1, -0.05) is 0 Å². The lowest BCUT2D eigenvalue weighted by Crippen LogP contribution is -2.47. The number of nitrogens with one attached hydrogen (secondary N) is 2. The van der Waals surface area contributed by atoms with Crippen LogP contribution in [0.3, 0.4) is 0 Å². The molecular weight excluding hydrogens is 260 g/mol. The standard InChI is InChI=1S/C10H18N2O5S/c1-7(13)12-9(10(14)15)6-11-5-8-3-2-4-18(8,16)17/h8-9,11H,2-6H2,1H3,(H,12,13)(H,14,15). The number of carbonyl (C=O) groups excluding carboxylic acids is 1. The molecule has 1 heterocycles. The number of carboxylic acids is 1. The lowest BCUT2D eigenvalue weighted by Gasteiger charge is -2.16. The Morgan fingerprint density at radius 1 is 1.44 bits per heavy atom.